The maximum atomic E-state index is 11.1. The summed E-state index contributed by atoms with van der Waals surface area (Å²) >= 11 is 0. The summed E-state index contributed by atoms with van der Waals surface area (Å²) in [6, 6.07) is 4.05. The molecule has 4 nitrogen and oxygen atoms in total. The monoisotopic (exact) mass is 273 g/mol. The number of carbonyl (C=O) groups is 2. The van der Waals surface area contributed by atoms with Crippen LogP contribution >= 0.6 is 0 Å². The topological polar surface area (TPSA) is 66.4 Å². The van der Waals surface area contributed by atoms with Crippen molar-refractivity contribution >= 4 is 18.0 Å². The highest BCUT2D eigenvalue weighted by atomic mass is 16.4. The zero-order valence-electron chi connectivity index (χ0n) is 11.8. The first-order chi connectivity index (χ1) is 9.47. The van der Waals surface area contributed by atoms with Crippen molar-refractivity contribution in [3.8, 4) is 0 Å². The van der Waals surface area contributed by atoms with E-state index in [1.165, 1.54) is 12.5 Å². The van der Waals surface area contributed by atoms with Crippen molar-refractivity contribution in [3.05, 3.63) is 40.1 Å². The van der Waals surface area contributed by atoms with Crippen LogP contribution in [0, 0.1) is 6.92 Å². The predicted molar refractivity (Wildman–Crippen MR) is 77.3 cm³/mol. The van der Waals surface area contributed by atoms with E-state index >= 15 is 0 Å². The van der Waals surface area contributed by atoms with E-state index in [1.807, 2.05) is 25.1 Å². The number of rotatable bonds is 4. The molecular formula is C16H19NO3. The molecule has 1 amide bonds. The van der Waals surface area contributed by atoms with Crippen LogP contribution in [0.3, 0.4) is 0 Å². The van der Waals surface area contributed by atoms with Crippen molar-refractivity contribution in [3.63, 3.8) is 0 Å². The number of benzene rings is 1. The van der Waals surface area contributed by atoms with Gasteiger partial charge in [0.05, 0.1) is 0 Å². The Labute approximate surface area is 118 Å². The number of carbonyl (C=O) groups excluding carboxylic acids is 1. The summed E-state index contributed by atoms with van der Waals surface area (Å²) in [6.07, 6.45) is 4.34. The molecule has 20 heavy (non-hydrogen) atoms. The highest BCUT2D eigenvalue weighted by Crippen LogP contribution is 2.28. The van der Waals surface area contributed by atoms with Crippen molar-refractivity contribution in [1.82, 2.24) is 5.32 Å². The fourth-order valence-corrected chi connectivity index (χ4v) is 2.68. The van der Waals surface area contributed by atoms with Crippen LogP contribution < -0.4 is 5.32 Å². The molecule has 0 bridgehead atoms. The molecule has 2 rings (SSSR count). The second kappa shape index (κ2) is 5.90. The van der Waals surface area contributed by atoms with Gasteiger partial charge in [0.2, 0.25) is 5.91 Å². The van der Waals surface area contributed by atoms with E-state index in [1.54, 1.807) is 0 Å². The Morgan fingerprint density at radius 1 is 1.30 bits per heavy atom. The zero-order valence-corrected chi connectivity index (χ0v) is 11.8. The van der Waals surface area contributed by atoms with Gasteiger partial charge >= 0.3 is 5.97 Å². The second-order valence-electron chi connectivity index (χ2n) is 5.17. The van der Waals surface area contributed by atoms with Crippen LogP contribution in [-0.4, -0.2) is 17.0 Å². The minimum atomic E-state index is -0.771. The van der Waals surface area contributed by atoms with Gasteiger partial charge in [-0.05, 0) is 54.5 Å². The van der Waals surface area contributed by atoms with E-state index in [0.29, 0.717) is 6.42 Å². The molecule has 0 aliphatic heterocycles. The van der Waals surface area contributed by atoms with Gasteiger partial charge < -0.3 is 10.4 Å². The average molecular weight is 273 g/mol. The van der Waals surface area contributed by atoms with Gasteiger partial charge in [-0.15, -0.1) is 0 Å². The lowest BCUT2D eigenvalue weighted by atomic mass is 9.87. The third-order valence-electron chi connectivity index (χ3n) is 3.60. The first kappa shape index (κ1) is 14.3. The number of aryl methyl sites for hydroxylation is 1. The van der Waals surface area contributed by atoms with E-state index in [9.17, 15) is 9.59 Å². The van der Waals surface area contributed by atoms with Crippen LogP contribution in [-0.2, 0) is 22.4 Å². The largest absolute Gasteiger partial charge is 0.481 e. The maximum Gasteiger partial charge on any atom is 0.303 e. The number of hydrogen-bond acceptors (Lipinski definition) is 2. The van der Waals surface area contributed by atoms with Crippen LogP contribution in [0.5, 0.6) is 0 Å². The van der Waals surface area contributed by atoms with Crippen molar-refractivity contribution in [2.75, 3.05) is 0 Å². The first-order valence-corrected chi connectivity index (χ1v) is 6.78. The van der Waals surface area contributed by atoms with Crippen molar-refractivity contribution in [2.45, 2.75) is 39.5 Å². The molecule has 0 aromatic heterocycles. The number of aliphatic carboxylic acids is 1. The fraction of sp³-hybridized carbons (Fsp3) is 0.375. The lowest BCUT2D eigenvalue weighted by Crippen LogP contribution is -2.21. The van der Waals surface area contributed by atoms with Crippen LogP contribution in [0.1, 0.15) is 42.0 Å². The smallest absolute Gasteiger partial charge is 0.303 e. The summed E-state index contributed by atoms with van der Waals surface area (Å²) in [5.74, 6) is -0.829. The second-order valence-corrected chi connectivity index (χ2v) is 5.17. The van der Waals surface area contributed by atoms with Gasteiger partial charge in [-0.3, -0.25) is 9.59 Å². The summed E-state index contributed by atoms with van der Waals surface area (Å²) in [4.78, 5) is 21.9. The third kappa shape index (κ3) is 3.26. The average Bonchev–Trinajstić information content (AvgIpc) is 2.36. The zero-order chi connectivity index (χ0) is 14.7. The molecular weight excluding hydrogens is 254 g/mol. The lowest BCUT2D eigenvalue weighted by Gasteiger charge is -2.21. The minimum absolute atomic E-state index is 0.0575. The van der Waals surface area contributed by atoms with Gasteiger partial charge in [0, 0.05) is 19.0 Å². The molecule has 1 aromatic carbocycles. The number of hydrogen-bond donors (Lipinski definition) is 2. The van der Waals surface area contributed by atoms with Gasteiger partial charge in [-0.2, -0.15) is 0 Å². The lowest BCUT2D eigenvalue weighted by molar-refractivity contribution is -0.137. The normalized spacial score (nSPS) is 13.4. The Morgan fingerprint density at radius 3 is 2.70 bits per heavy atom. The molecule has 0 heterocycles. The van der Waals surface area contributed by atoms with Gasteiger partial charge in [0.25, 0.3) is 0 Å². The molecule has 0 saturated carbocycles. The summed E-state index contributed by atoms with van der Waals surface area (Å²) in [7, 11) is 0. The molecule has 0 unspecified atom stereocenters. The molecule has 1 aromatic rings. The Hall–Kier alpha value is -2.10. The Bertz CT molecular complexity index is 588. The number of amides is 1. The fourth-order valence-electron chi connectivity index (χ4n) is 2.68. The summed E-state index contributed by atoms with van der Waals surface area (Å²) in [5, 5.41) is 11.7. The molecule has 0 spiro atoms. The molecule has 0 saturated heterocycles. The molecule has 0 radical (unpaired) electrons. The highest BCUT2D eigenvalue weighted by Gasteiger charge is 2.16. The Kier molecular flexibility index (Phi) is 4.23. The molecule has 0 fully saturated rings. The molecule has 1 aliphatic rings. The molecule has 0 atom stereocenters. The standard InChI is InChI=1S/C16H19NO3/c1-10-3-4-12-9-13(17-11(2)18)5-6-15(12)14(10)7-8-16(19)20/h3-4,9H,5-8H2,1-2H3,(H,17,18)(H,19,20). The molecule has 4 heteroatoms. The van der Waals surface area contributed by atoms with E-state index in [4.69, 9.17) is 5.11 Å². The quantitative estimate of drug-likeness (QED) is 0.885. The van der Waals surface area contributed by atoms with E-state index in [2.05, 4.69) is 5.32 Å². The number of nitrogens with one attached hydrogen (secondary N) is 1. The van der Waals surface area contributed by atoms with Crippen LogP contribution in [0.2, 0.25) is 0 Å². The number of fused-ring (bicyclic) bond motifs is 1. The van der Waals surface area contributed by atoms with E-state index in [-0.39, 0.29) is 12.3 Å². The maximum absolute atomic E-state index is 11.1. The van der Waals surface area contributed by atoms with E-state index in [0.717, 1.165) is 35.2 Å². The van der Waals surface area contributed by atoms with E-state index < -0.39 is 5.97 Å². The van der Waals surface area contributed by atoms with Crippen molar-refractivity contribution in [1.29, 1.82) is 0 Å². The van der Waals surface area contributed by atoms with Gasteiger partial charge in [-0.25, -0.2) is 0 Å². The summed E-state index contributed by atoms with van der Waals surface area (Å²) < 4.78 is 0. The number of carboxylic acid groups (broad SMARTS) is 1. The molecule has 2 N–H and O–H groups in total. The van der Waals surface area contributed by atoms with Crippen LogP contribution in [0.4, 0.5) is 0 Å². The first-order valence-electron chi connectivity index (χ1n) is 6.78. The highest BCUT2D eigenvalue weighted by molar-refractivity contribution is 5.77. The molecule has 106 valence electrons. The summed E-state index contributed by atoms with van der Waals surface area (Å²) in [6.45, 7) is 3.52. The summed E-state index contributed by atoms with van der Waals surface area (Å²) in [5.41, 5.74) is 5.52. The number of allylic oxidation sites excluding steroid dienone is 1. The third-order valence-corrected chi connectivity index (χ3v) is 3.60. The Balaban J connectivity index is 2.31. The van der Waals surface area contributed by atoms with Gasteiger partial charge in [0.15, 0.2) is 0 Å². The number of carboxylic acids is 1. The SMILES string of the molecule is CC(=O)NC1=Cc2ccc(C)c(CCC(=O)O)c2CC1. The van der Waals surface area contributed by atoms with Crippen LogP contribution in [0.25, 0.3) is 6.08 Å². The minimum Gasteiger partial charge on any atom is -0.481 e. The Morgan fingerprint density at radius 2 is 2.05 bits per heavy atom. The predicted octanol–water partition coefficient (Wildman–Crippen LogP) is 2.44. The van der Waals surface area contributed by atoms with Gasteiger partial charge in [-0.1, -0.05) is 12.1 Å². The van der Waals surface area contributed by atoms with Crippen molar-refractivity contribution in [2.24, 2.45) is 0 Å². The van der Waals surface area contributed by atoms with Crippen molar-refractivity contribution < 1.29 is 14.7 Å². The molecule has 1 aliphatic carbocycles. The van der Waals surface area contributed by atoms with Crippen LogP contribution in [0.15, 0.2) is 17.8 Å². The van der Waals surface area contributed by atoms with Gasteiger partial charge in [0.1, 0.15) is 0 Å².